The molecule has 9 aromatic rings. The lowest BCUT2D eigenvalue weighted by molar-refractivity contribution is 0.550. The number of rotatable bonds is 5. The zero-order valence-corrected chi connectivity index (χ0v) is 31.9. The molecule has 2 heteroatoms. The van der Waals surface area contributed by atoms with E-state index in [9.17, 15) is 0 Å². The number of thiophene rings is 1. The second-order valence-electron chi connectivity index (χ2n) is 15.9. The zero-order chi connectivity index (χ0) is 36.8. The van der Waals surface area contributed by atoms with Crippen molar-refractivity contribution in [1.29, 1.82) is 0 Å². The number of nitrogens with zero attached hydrogens (tertiary/aromatic N) is 1. The van der Waals surface area contributed by atoms with Gasteiger partial charge < -0.3 is 4.90 Å². The smallest absolute Gasteiger partial charge is 0.0720 e. The molecule has 3 aliphatic carbocycles. The van der Waals surface area contributed by atoms with Crippen molar-refractivity contribution >= 4 is 48.6 Å². The molecular formula is C54H39NS. The fourth-order valence-corrected chi connectivity index (χ4v) is 12.3. The number of fused-ring (bicyclic) bond motifs is 11. The molecule has 1 aromatic heterocycles. The molecule has 266 valence electrons. The minimum absolute atomic E-state index is 0.113. The number of benzene rings is 8. The van der Waals surface area contributed by atoms with Crippen LogP contribution in [0.15, 0.2) is 188 Å². The topological polar surface area (TPSA) is 3.24 Å². The average molecular weight is 734 g/mol. The van der Waals surface area contributed by atoms with Gasteiger partial charge in [-0.25, -0.2) is 0 Å². The Morgan fingerprint density at radius 1 is 0.429 bits per heavy atom. The fourth-order valence-electron chi connectivity index (χ4n) is 11.1. The van der Waals surface area contributed by atoms with Crippen LogP contribution in [-0.4, -0.2) is 0 Å². The quantitative estimate of drug-likeness (QED) is 0.170. The molecule has 1 nitrogen and oxygen atoms in total. The molecule has 0 radical (unpaired) electrons. The first-order valence-corrected chi connectivity index (χ1v) is 20.9. The maximum absolute atomic E-state index is 2.52. The van der Waals surface area contributed by atoms with E-state index in [0.29, 0.717) is 0 Å². The SMILES string of the molecule is c1ccc(N(c2ccc3c(c2)sc2cccc(C4(c5ccccc5)c5ccccc5-c5ccccc54)c23)c2cccc3c2-c2ccccc2C32CCCC2)cc1. The molecular weight excluding hydrogens is 695 g/mol. The summed E-state index contributed by atoms with van der Waals surface area (Å²) in [6.45, 7) is 0. The van der Waals surface area contributed by atoms with Crippen LogP contribution < -0.4 is 4.90 Å². The average Bonchev–Trinajstić information content (AvgIpc) is 4.04. The summed E-state index contributed by atoms with van der Waals surface area (Å²) in [5, 5.41) is 2.65. The minimum atomic E-state index is -0.453. The van der Waals surface area contributed by atoms with Crippen molar-refractivity contribution in [2.45, 2.75) is 36.5 Å². The maximum atomic E-state index is 2.52. The van der Waals surface area contributed by atoms with Crippen LogP contribution >= 0.6 is 11.3 Å². The summed E-state index contributed by atoms with van der Waals surface area (Å²) in [6.07, 6.45) is 5.02. The van der Waals surface area contributed by atoms with Crippen molar-refractivity contribution in [2.75, 3.05) is 4.90 Å². The highest BCUT2D eigenvalue weighted by molar-refractivity contribution is 7.25. The van der Waals surface area contributed by atoms with Crippen LogP contribution in [0.25, 0.3) is 42.4 Å². The molecule has 0 atom stereocenters. The molecule has 0 unspecified atom stereocenters. The standard InChI is InChI=1S/C54H39NS/c1-3-17-36(18-4-1)54(44-25-11-7-21-39(44)40-22-8-12-26-45(40)54)47-28-16-30-49-52(47)42-32-31-38(35-50(42)56-49)55(37-19-5-2-6-20-37)48-29-15-27-46-51(48)41-23-9-10-24-43(41)53(46)33-13-14-34-53/h1-12,15-32,35H,13-14,33-34H2. The second-order valence-corrected chi connectivity index (χ2v) is 17.0. The second kappa shape index (κ2) is 12.1. The molecule has 0 saturated heterocycles. The molecule has 3 aliphatic rings. The maximum Gasteiger partial charge on any atom is 0.0720 e. The van der Waals surface area contributed by atoms with Crippen LogP contribution in [-0.2, 0) is 10.8 Å². The van der Waals surface area contributed by atoms with Gasteiger partial charge in [0.1, 0.15) is 0 Å². The van der Waals surface area contributed by atoms with Crippen molar-refractivity contribution in [2.24, 2.45) is 0 Å². The van der Waals surface area contributed by atoms with Crippen LogP contribution in [0.4, 0.5) is 17.1 Å². The molecule has 8 aromatic carbocycles. The molecule has 56 heavy (non-hydrogen) atoms. The van der Waals surface area contributed by atoms with Gasteiger partial charge in [-0.05, 0) is 99.3 Å². The summed E-state index contributed by atoms with van der Waals surface area (Å²) in [5.74, 6) is 0. The molecule has 12 rings (SSSR count). The molecule has 1 fully saturated rings. The Balaban J connectivity index is 1.10. The molecule has 1 saturated carbocycles. The predicted molar refractivity (Wildman–Crippen MR) is 236 cm³/mol. The van der Waals surface area contributed by atoms with Gasteiger partial charge in [-0.2, -0.15) is 0 Å². The van der Waals surface area contributed by atoms with Gasteiger partial charge in [0.05, 0.1) is 11.1 Å². The third kappa shape index (κ3) is 4.25. The van der Waals surface area contributed by atoms with Crippen molar-refractivity contribution in [3.8, 4) is 22.3 Å². The molecule has 0 bridgehead atoms. The molecule has 0 aliphatic heterocycles. The van der Waals surface area contributed by atoms with Gasteiger partial charge in [0.2, 0.25) is 0 Å². The monoisotopic (exact) mass is 733 g/mol. The van der Waals surface area contributed by atoms with Crippen LogP contribution in [0.2, 0.25) is 0 Å². The van der Waals surface area contributed by atoms with E-state index in [1.54, 1.807) is 0 Å². The Bertz CT molecular complexity index is 2940. The highest BCUT2D eigenvalue weighted by Gasteiger charge is 2.48. The van der Waals surface area contributed by atoms with E-state index >= 15 is 0 Å². The fraction of sp³-hybridized carbons (Fsp3) is 0.111. The van der Waals surface area contributed by atoms with E-state index in [1.165, 1.54) is 119 Å². The summed E-state index contributed by atoms with van der Waals surface area (Å²) >= 11 is 1.92. The van der Waals surface area contributed by atoms with Crippen LogP contribution in [0.5, 0.6) is 0 Å². The highest BCUT2D eigenvalue weighted by atomic mass is 32.1. The number of hydrogen-bond donors (Lipinski definition) is 0. The summed E-state index contributed by atoms with van der Waals surface area (Å²) in [7, 11) is 0. The summed E-state index contributed by atoms with van der Waals surface area (Å²) in [6, 6.07) is 70.9. The van der Waals surface area contributed by atoms with Gasteiger partial charge in [-0.3, -0.25) is 0 Å². The van der Waals surface area contributed by atoms with Gasteiger partial charge in [-0.15, -0.1) is 11.3 Å². The Kier molecular flexibility index (Phi) is 6.95. The number of anilines is 3. The normalized spacial score (nSPS) is 15.5. The summed E-state index contributed by atoms with van der Waals surface area (Å²) < 4.78 is 2.62. The van der Waals surface area contributed by atoms with E-state index in [0.717, 1.165) is 0 Å². The van der Waals surface area contributed by atoms with Crippen molar-refractivity contribution in [3.05, 3.63) is 221 Å². The third-order valence-electron chi connectivity index (χ3n) is 13.3. The van der Waals surface area contributed by atoms with Gasteiger partial charge in [0.15, 0.2) is 0 Å². The van der Waals surface area contributed by atoms with Gasteiger partial charge >= 0.3 is 0 Å². The van der Waals surface area contributed by atoms with Crippen molar-refractivity contribution < 1.29 is 0 Å². The van der Waals surface area contributed by atoms with Gasteiger partial charge in [0.25, 0.3) is 0 Å². The first-order chi connectivity index (χ1) is 27.8. The van der Waals surface area contributed by atoms with Crippen molar-refractivity contribution in [3.63, 3.8) is 0 Å². The molecule has 0 amide bonds. The van der Waals surface area contributed by atoms with Crippen molar-refractivity contribution in [1.82, 2.24) is 0 Å². The lowest BCUT2D eigenvalue weighted by Gasteiger charge is -2.34. The zero-order valence-electron chi connectivity index (χ0n) is 31.1. The Labute approximate surface area is 332 Å². The first-order valence-electron chi connectivity index (χ1n) is 20.1. The molecule has 1 spiro atoms. The number of hydrogen-bond acceptors (Lipinski definition) is 2. The lowest BCUT2D eigenvalue weighted by Crippen LogP contribution is -2.28. The van der Waals surface area contributed by atoms with Crippen LogP contribution in [0.1, 0.15) is 59.1 Å². The Morgan fingerprint density at radius 2 is 1.02 bits per heavy atom. The van der Waals surface area contributed by atoms with Crippen LogP contribution in [0, 0.1) is 0 Å². The lowest BCUT2D eigenvalue weighted by atomic mass is 9.66. The Hall–Kier alpha value is -6.22. The van der Waals surface area contributed by atoms with E-state index in [-0.39, 0.29) is 5.41 Å². The molecule has 0 N–H and O–H groups in total. The minimum Gasteiger partial charge on any atom is -0.310 e. The highest BCUT2D eigenvalue weighted by Crippen LogP contribution is 2.61. The summed E-state index contributed by atoms with van der Waals surface area (Å²) in [5.41, 5.74) is 17.1. The summed E-state index contributed by atoms with van der Waals surface area (Å²) in [4.78, 5) is 2.52. The third-order valence-corrected chi connectivity index (χ3v) is 14.4. The van der Waals surface area contributed by atoms with Crippen LogP contribution in [0.3, 0.4) is 0 Å². The van der Waals surface area contributed by atoms with E-state index in [2.05, 4.69) is 193 Å². The number of para-hydroxylation sites is 1. The molecule has 1 heterocycles. The van der Waals surface area contributed by atoms with E-state index in [1.807, 2.05) is 11.3 Å². The first kappa shape index (κ1) is 32.1. The van der Waals surface area contributed by atoms with Gasteiger partial charge in [-0.1, -0.05) is 165 Å². The Morgan fingerprint density at radius 3 is 1.75 bits per heavy atom. The van der Waals surface area contributed by atoms with E-state index in [4.69, 9.17) is 0 Å². The van der Waals surface area contributed by atoms with Gasteiger partial charge in [0, 0.05) is 42.5 Å². The largest absolute Gasteiger partial charge is 0.310 e. The van der Waals surface area contributed by atoms with E-state index < -0.39 is 5.41 Å². The predicted octanol–water partition coefficient (Wildman–Crippen LogP) is 14.7.